The molecule has 1 aromatic heterocycles. The van der Waals surface area contributed by atoms with Gasteiger partial charge in [0, 0.05) is 11.4 Å². The zero-order chi connectivity index (χ0) is 13.4. The number of rotatable bonds is 4. The van der Waals surface area contributed by atoms with E-state index in [4.69, 9.17) is 9.97 Å². The molecule has 2 aliphatic rings. The largest absolute Gasteiger partial charge is 0.367 e. The number of nitrogens with zero attached hydrogens (tertiary/aromatic N) is 3. The highest BCUT2D eigenvalue weighted by atomic mass is 15.2. The van der Waals surface area contributed by atoms with Crippen molar-refractivity contribution in [2.24, 2.45) is 0 Å². The van der Waals surface area contributed by atoms with Gasteiger partial charge in [-0.2, -0.15) is 0 Å². The predicted octanol–water partition coefficient (Wildman–Crippen LogP) is 2.80. The summed E-state index contributed by atoms with van der Waals surface area (Å²) >= 11 is 0. The molecule has 0 radical (unpaired) electrons. The topological polar surface area (TPSA) is 41.1 Å². The molecule has 1 saturated heterocycles. The molecule has 2 heterocycles. The zero-order valence-electron chi connectivity index (χ0n) is 11.7. The SMILES string of the molecule is c1ccc2c(NC3CC3)nc(CN3CCCC3)nc2c1. The molecule has 2 aromatic rings. The molecule has 0 unspecified atom stereocenters. The Morgan fingerprint density at radius 2 is 1.90 bits per heavy atom. The summed E-state index contributed by atoms with van der Waals surface area (Å²) in [7, 11) is 0. The van der Waals surface area contributed by atoms with Gasteiger partial charge in [0.1, 0.15) is 11.6 Å². The van der Waals surface area contributed by atoms with Crippen LogP contribution in [0.25, 0.3) is 10.9 Å². The van der Waals surface area contributed by atoms with E-state index in [2.05, 4.69) is 34.5 Å². The normalized spacial score (nSPS) is 19.6. The van der Waals surface area contributed by atoms with E-state index >= 15 is 0 Å². The van der Waals surface area contributed by atoms with Crippen LogP contribution in [0.1, 0.15) is 31.5 Å². The molecule has 1 aliphatic heterocycles. The van der Waals surface area contributed by atoms with Gasteiger partial charge in [-0.15, -0.1) is 0 Å². The van der Waals surface area contributed by atoms with Crippen molar-refractivity contribution < 1.29 is 0 Å². The lowest BCUT2D eigenvalue weighted by Gasteiger charge is -2.15. The number of benzene rings is 1. The van der Waals surface area contributed by atoms with Gasteiger partial charge in [0.2, 0.25) is 0 Å². The third-order valence-corrected chi connectivity index (χ3v) is 4.13. The maximum absolute atomic E-state index is 4.78. The number of anilines is 1. The van der Waals surface area contributed by atoms with Crippen molar-refractivity contribution in [3.05, 3.63) is 30.1 Å². The number of fused-ring (bicyclic) bond motifs is 1. The Morgan fingerprint density at radius 3 is 2.70 bits per heavy atom. The van der Waals surface area contributed by atoms with Gasteiger partial charge < -0.3 is 5.32 Å². The summed E-state index contributed by atoms with van der Waals surface area (Å²) in [5, 5.41) is 4.70. The van der Waals surface area contributed by atoms with E-state index in [0.29, 0.717) is 6.04 Å². The highest BCUT2D eigenvalue weighted by molar-refractivity contribution is 5.89. The van der Waals surface area contributed by atoms with Crippen molar-refractivity contribution in [3.63, 3.8) is 0 Å². The number of para-hydroxylation sites is 1. The van der Waals surface area contributed by atoms with Crippen LogP contribution in [0, 0.1) is 0 Å². The minimum atomic E-state index is 0.618. The number of likely N-dealkylation sites (tertiary alicyclic amines) is 1. The zero-order valence-corrected chi connectivity index (χ0v) is 11.7. The van der Waals surface area contributed by atoms with Crippen molar-refractivity contribution in [2.45, 2.75) is 38.3 Å². The Labute approximate surface area is 119 Å². The lowest BCUT2D eigenvalue weighted by atomic mass is 10.2. The molecule has 104 valence electrons. The maximum Gasteiger partial charge on any atom is 0.145 e. The van der Waals surface area contributed by atoms with E-state index in [9.17, 15) is 0 Å². The number of hydrogen-bond donors (Lipinski definition) is 1. The maximum atomic E-state index is 4.78. The molecule has 0 atom stereocenters. The molecule has 0 spiro atoms. The third kappa shape index (κ3) is 2.48. The van der Waals surface area contributed by atoms with Crippen LogP contribution in [0.2, 0.25) is 0 Å². The summed E-state index contributed by atoms with van der Waals surface area (Å²) in [6, 6.07) is 8.93. The summed E-state index contributed by atoms with van der Waals surface area (Å²) in [4.78, 5) is 12.0. The minimum absolute atomic E-state index is 0.618. The fraction of sp³-hybridized carbons (Fsp3) is 0.500. The van der Waals surface area contributed by atoms with E-state index in [1.807, 2.05) is 0 Å². The highest BCUT2D eigenvalue weighted by Crippen LogP contribution is 2.28. The fourth-order valence-corrected chi connectivity index (χ4v) is 2.87. The average molecular weight is 268 g/mol. The lowest BCUT2D eigenvalue weighted by Crippen LogP contribution is -2.20. The Balaban J connectivity index is 1.68. The van der Waals surface area contributed by atoms with Gasteiger partial charge in [0.25, 0.3) is 0 Å². The van der Waals surface area contributed by atoms with E-state index in [1.54, 1.807) is 0 Å². The molecular weight excluding hydrogens is 248 g/mol. The second-order valence-electron chi connectivity index (χ2n) is 5.91. The first kappa shape index (κ1) is 12.1. The Hall–Kier alpha value is -1.68. The van der Waals surface area contributed by atoms with Gasteiger partial charge in [-0.3, -0.25) is 4.90 Å². The van der Waals surface area contributed by atoms with Crippen molar-refractivity contribution in [2.75, 3.05) is 18.4 Å². The summed E-state index contributed by atoms with van der Waals surface area (Å²) in [5.41, 5.74) is 1.06. The monoisotopic (exact) mass is 268 g/mol. The van der Waals surface area contributed by atoms with Crippen LogP contribution in [0.4, 0.5) is 5.82 Å². The van der Waals surface area contributed by atoms with Gasteiger partial charge in [-0.25, -0.2) is 9.97 Å². The Morgan fingerprint density at radius 1 is 1.10 bits per heavy atom. The van der Waals surface area contributed by atoms with Gasteiger partial charge in [0.15, 0.2) is 0 Å². The van der Waals surface area contributed by atoms with E-state index in [1.165, 1.54) is 38.8 Å². The van der Waals surface area contributed by atoms with Crippen LogP contribution >= 0.6 is 0 Å². The van der Waals surface area contributed by atoms with Gasteiger partial charge >= 0.3 is 0 Å². The van der Waals surface area contributed by atoms with E-state index in [0.717, 1.165) is 29.1 Å². The molecule has 1 aromatic carbocycles. The smallest absolute Gasteiger partial charge is 0.145 e. The minimum Gasteiger partial charge on any atom is -0.367 e. The second-order valence-corrected chi connectivity index (χ2v) is 5.91. The van der Waals surface area contributed by atoms with Crippen LogP contribution in [-0.2, 0) is 6.54 Å². The summed E-state index contributed by atoms with van der Waals surface area (Å²) in [5.74, 6) is 1.97. The van der Waals surface area contributed by atoms with Gasteiger partial charge in [0.05, 0.1) is 12.1 Å². The first-order valence-electron chi connectivity index (χ1n) is 7.63. The van der Waals surface area contributed by atoms with Crippen molar-refractivity contribution >= 4 is 16.7 Å². The van der Waals surface area contributed by atoms with Crippen molar-refractivity contribution in [3.8, 4) is 0 Å². The molecule has 4 heteroatoms. The summed E-state index contributed by atoms with van der Waals surface area (Å²) < 4.78 is 0. The molecule has 1 aliphatic carbocycles. The third-order valence-electron chi connectivity index (χ3n) is 4.13. The lowest BCUT2D eigenvalue weighted by molar-refractivity contribution is 0.323. The van der Waals surface area contributed by atoms with E-state index in [-0.39, 0.29) is 0 Å². The van der Waals surface area contributed by atoms with Crippen LogP contribution in [0.15, 0.2) is 24.3 Å². The van der Waals surface area contributed by atoms with Crippen LogP contribution < -0.4 is 5.32 Å². The fourth-order valence-electron chi connectivity index (χ4n) is 2.87. The Kier molecular flexibility index (Phi) is 3.03. The molecule has 2 fully saturated rings. The molecule has 4 rings (SSSR count). The van der Waals surface area contributed by atoms with E-state index < -0.39 is 0 Å². The Bertz CT molecular complexity index is 615. The average Bonchev–Trinajstić information content (AvgIpc) is 3.13. The van der Waals surface area contributed by atoms with Gasteiger partial charge in [-0.05, 0) is 50.9 Å². The van der Waals surface area contributed by atoms with Gasteiger partial charge in [-0.1, -0.05) is 12.1 Å². The predicted molar refractivity (Wildman–Crippen MR) is 80.7 cm³/mol. The highest BCUT2D eigenvalue weighted by Gasteiger charge is 2.23. The van der Waals surface area contributed by atoms with Crippen LogP contribution in [0.3, 0.4) is 0 Å². The second kappa shape index (κ2) is 5.02. The summed E-state index contributed by atoms with van der Waals surface area (Å²) in [6.45, 7) is 3.24. The quantitative estimate of drug-likeness (QED) is 0.925. The van der Waals surface area contributed by atoms with Crippen molar-refractivity contribution in [1.82, 2.24) is 14.9 Å². The van der Waals surface area contributed by atoms with Crippen LogP contribution in [-0.4, -0.2) is 34.0 Å². The molecule has 4 nitrogen and oxygen atoms in total. The van der Waals surface area contributed by atoms with Crippen LogP contribution in [0.5, 0.6) is 0 Å². The van der Waals surface area contributed by atoms with Crippen molar-refractivity contribution in [1.29, 1.82) is 0 Å². The first-order chi connectivity index (χ1) is 9.88. The molecule has 20 heavy (non-hydrogen) atoms. The number of aromatic nitrogens is 2. The number of hydrogen-bond acceptors (Lipinski definition) is 4. The molecular formula is C16H20N4. The molecule has 0 amide bonds. The standard InChI is InChI=1S/C16H20N4/c1-2-6-14-13(5-1)16(17-12-7-8-12)19-15(18-14)11-20-9-3-4-10-20/h1-2,5-6,12H,3-4,7-11H2,(H,17,18,19). The summed E-state index contributed by atoms with van der Waals surface area (Å²) in [6.07, 6.45) is 5.14. The molecule has 1 N–H and O–H groups in total. The molecule has 0 bridgehead atoms. The molecule has 1 saturated carbocycles. The first-order valence-corrected chi connectivity index (χ1v) is 7.63. The number of nitrogens with one attached hydrogen (secondary N) is 1.